The zero-order valence-electron chi connectivity index (χ0n) is 11.0. The van der Waals surface area contributed by atoms with Gasteiger partial charge in [-0.3, -0.25) is 0 Å². The molecule has 0 saturated heterocycles. The lowest BCUT2D eigenvalue weighted by Gasteiger charge is -2.08. The SMILES string of the molecule is Nc1ccc(Oc2ncccc2-c2ccnc(N)n2)nc1. The first-order valence-corrected chi connectivity index (χ1v) is 6.15. The number of pyridine rings is 2. The highest BCUT2D eigenvalue weighted by Crippen LogP contribution is 2.29. The van der Waals surface area contributed by atoms with Crippen LogP contribution < -0.4 is 16.2 Å². The molecule has 0 radical (unpaired) electrons. The minimum Gasteiger partial charge on any atom is -0.420 e. The van der Waals surface area contributed by atoms with Crippen molar-refractivity contribution in [1.29, 1.82) is 0 Å². The highest BCUT2D eigenvalue weighted by Gasteiger charge is 2.10. The standard InChI is InChI=1S/C14H12N6O/c15-9-3-4-12(19-8-9)21-13-10(2-1-6-17-13)11-5-7-18-14(16)20-11/h1-8H,15H2,(H2,16,18,20). The summed E-state index contributed by atoms with van der Waals surface area (Å²) in [4.78, 5) is 16.3. The fourth-order valence-corrected chi connectivity index (χ4v) is 1.74. The Balaban J connectivity index is 1.98. The van der Waals surface area contributed by atoms with Crippen molar-refractivity contribution >= 4 is 11.6 Å². The van der Waals surface area contributed by atoms with Crippen LogP contribution in [0.15, 0.2) is 48.9 Å². The maximum atomic E-state index is 5.68. The maximum absolute atomic E-state index is 5.68. The first-order chi connectivity index (χ1) is 10.2. The number of nitrogens with two attached hydrogens (primary N) is 2. The first kappa shape index (κ1) is 12.8. The van der Waals surface area contributed by atoms with Crippen molar-refractivity contribution in [3.05, 3.63) is 48.9 Å². The molecule has 0 aliphatic heterocycles. The van der Waals surface area contributed by atoms with Gasteiger partial charge in [0.2, 0.25) is 17.7 Å². The average molecular weight is 280 g/mol. The van der Waals surface area contributed by atoms with Gasteiger partial charge in [-0.05, 0) is 24.3 Å². The Labute approximate surface area is 120 Å². The Morgan fingerprint density at radius 2 is 1.81 bits per heavy atom. The summed E-state index contributed by atoms with van der Waals surface area (Å²) in [6, 6.07) is 8.73. The van der Waals surface area contributed by atoms with Crippen molar-refractivity contribution in [3.8, 4) is 23.0 Å². The molecule has 0 unspecified atom stereocenters. The van der Waals surface area contributed by atoms with Gasteiger partial charge in [0.05, 0.1) is 23.1 Å². The van der Waals surface area contributed by atoms with E-state index in [2.05, 4.69) is 19.9 Å². The molecule has 0 aromatic carbocycles. The number of nitrogen functional groups attached to an aromatic ring is 2. The van der Waals surface area contributed by atoms with E-state index in [1.165, 1.54) is 6.20 Å². The highest BCUT2D eigenvalue weighted by molar-refractivity contribution is 5.65. The molecular formula is C14H12N6O. The van der Waals surface area contributed by atoms with E-state index in [1.807, 2.05) is 6.07 Å². The van der Waals surface area contributed by atoms with E-state index in [0.717, 1.165) is 0 Å². The molecule has 104 valence electrons. The Kier molecular flexibility index (Phi) is 3.30. The summed E-state index contributed by atoms with van der Waals surface area (Å²) in [5.74, 6) is 0.965. The van der Waals surface area contributed by atoms with E-state index < -0.39 is 0 Å². The quantitative estimate of drug-likeness (QED) is 0.753. The molecule has 3 heterocycles. The van der Waals surface area contributed by atoms with Crippen molar-refractivity contribution in [1.82, 2.24) is 19.9 Å². The molecule has 0 spiro atoms. The summed E-state index contributed by atoms with van der Waals surface area (Å²) in [5, 5.41) is 0. The molecule has 0 amide bonds. The second-order valence-electron chi connectivity index (χ2n) is 4.19. The van der Waals surface area contributed by atoms with E-state index in [9.17, 15) is 0 Å². The Morgan fingerprint density at radius 1 is 0.905 bits per heavy atom. The lowest BCUT2D eigenvalue weighted by Crippen LogP contribution is -1.98. The number of anilines is 2. The molecule has 3 rings (SSSR count). The molecule has 7 nitrogen and oxygen atoms in total. The second-order valence-corrected chi connectivity index (χ2v) is 4.19. The minimum absolute atomic E-state index is 0.188. The van der Waals surface area contributed by atoms with Crippen LogP contribution >= 0.6 is 0 Å². The Bertz CT molecular complexity index is 759. The predicted molar refractivity (Wildman–Crippen MR) is 78.4 cm³/mol. The van der Waals surface area contributed by atoms with Gasteiger partial charge in [-0.15, -0.1) is 0 Å². The van der Waals surface area contributed by atoms with Crippen LogP contribution in [-0.2, 0) is 0 Å². The van der Waals surface area contributed by atoms with Crippen LogP contribution in [0.1, 0.15) is 0 Å². The highest BCUT2D eigenvalue weighted by atomic mass is 16.5. The fraction of sp³-hybridized carbons (Fsp3) is 0. The van der Waals surface area contributed by atoms with Gasteiger partial charge < -0.3 is 16.2 Å². The first-order valence-electron chi connectivity index (χ1n) is 6.15. The molecule has 21 heavy (non-hydrogen) atoms. The molecule has 4 N–H and O–H groups in total. The molecule has 0 aliphatic rings. The minimum atomic E-state index is 0.188. The van der Waals surface area contributed by atoms with Gasteiger partial charge >= 0.3 is 0 Å². The van der Waals surface area contributed by atoms with Gasteiger partial charge in [-0.2, -0.15) is 0 Å². The van der Waals surface area contributed by atoms with Gasteiger partial charge in [0.1, 0.15) is 0 Å². The van der Waals surface area contributed by atoms with Crippen LogP contribution in [-0.4, -0.2) is 19.9 Å². The molecule has 0 fully saturated rings. The number of ether oxygens (including phenoxy) is 1. The van der Waals surface area contributed by atoms with Crippen molar-refractivity contribution in [2.45, 2.75) is 0 Å². The van der Waals surface area contributed by atoms with Crippen LogP contribution in [0, 0.1) is 0 Å². The van der Waals surface area contributed by atoms with E-state index in [-0.39, 0.29) is 5.95 Å². The van der Waals surface area contributed by atoms with E-state index in [0.29, 0.717) is 28.7 Å². The zero-order chi connectivity index (χ0) is 14.7. The van der Waals surface area contributed by atoms with Crippen molar-refractivity contribution < 1.29 is 4.74 Å². The maximum Gasteiger partial charge on any atom is 0.230 e. The predicted octanol–water partition coefficient (Wildman–Crippen LogP) is 1.89. The van der Waals surface area contributed by atoms with Crippen LogP contribution in [0.5, 0.6) is 11.8 Å². The number of nitrogens with zero attached hydrogens (tertiary/aromatic N) is 4. The van der Waals surface area contributed by atoms with Gasteiger partial charge in [0.25, 0.3) is 0 Å². The van der Waals surface area contributed by atoms with Gasteiger partial charge in [-0.1, -0.05) is 0 Å². The summed E-state index contributed by atoms with van der Waals surface area (Å²) < 4.78 is 5.68. The van der Waals surface area contributed by atoms with Crippen LogP contribution in [0.25, 0.3) is 11.3 Å². The number of rotatable bonds is 3. The van der Waals surface area contributed by atoms with Crippen molar-refractivity contribution in [2.24, 2.45) is 0 Å². The fourth-order valence-electron chi connectivity index (χ4n) is 1.74. The third-order valence-corrected chi connectivity index (χ3v) is 2.68. The summed E-state index contributed by atoms with van der Waals surface area (Å²) in [7, 11) is 0. The topological polar surface area (TPSA) is 113 Å². The summed E-state index contributed by atoms with van der Waals surface area (Å²) in [6.45, 7) is 0. The van der Waals surface area contributed by atoms with Crippen LogP contribution in [0.3, 0.4) is 0 Å². The second kappa shape index (κ2) is 5.41. The average Bonchev–Trinajstić information content (AvgIpc) is 2.50. The summed E-state index contributed by atoms with van der Waals surface area (Å²) in [5.41, 5.74) is 13.1. The molecule has 0 aliphatic carbocycles. The van der Waals surface area contributed by atoms with Crippen molar-refractivity contribution in [3.63, 3.8) is 0 Å². The Hall–Kier alpha value is -3.22. The van der Waals surface area contributed by atoms with E-state index >= 15 is 0 Å². The lowest BCUT2D eigenvalue weighted by molar-refractivity contribution is 0.446. The molecule has 3 aromatic rings. The molecule has 0 bridgehead atoms. The lowest BCUT2D eigenvalue weighted by atomic mass is 10.2. The summed E-state index contributed by atoms with van der Waals surface area (Å²) in [6.07, 6.45) is 4.72. The number of hydrogen-bond donors (Lipinski definition) is 2. The molecular weight excluding hydrogens is 268 g/mol. The molecule has 0 atom stereocenters. The van der Waals surface area contributed by atoms with Gasteiger partial charge in [-0.25, -0.2) is 19.9 Å². The molecule has 3 aromatic heterocycles. The zero-order valence-corrected chi connectivity index (χ0v) is 11.0. The van der Waals surface area contributed by atoms with Crippen molar-refractivity contribution in [2.75, 3.05) is 11.5 Å². The third-order valence-electron chi connectivity index (χ3n) is 2.68. The van der Waals surface area contributed by atoms with E-state index in [4.69, 9.17) is 16.2 Å². The normalized spacial score (nSPS) is 10.3. The molecule has 7 heteroatoms. The van der Waals surface area contributed by atoms with E-state index in [1.54, 1.807) is 36.7 Å². The monoisotopic (exact) mass is 280 g/mol. The number of hydrogen-bond acceptors (Lipinski definition) is 7. The third kappa shape index (κ3) is 2.86. The molecule has 0 saturated carbocycles. The number of aromatic nitrogens is 4. The van der Waals surface area contributed by atoms with Gasteiger partial charge in [0, 0.05) is 18.5 Å². The largest absolute Gasteiger partial charge is 0.420 e. The Morgan fingerprint density at radius 3 is 2.57 bits per heavy atom. The van der Waals surface area contributed by atoms with Gasteiger partial charge in [0.15, 0.2) is 0 Å². The summed E-state index contributed by atoms with van der Waals surface area (Å²) >= 11 is 0. The van der Waals surface area contributed by atoms with Crippen LogP contribution in [0.2, 0.25) is 0 Å². The smallest absolute Gasteiger partial charge is 0.230 e. The van der Waals surface area contributed by atoms with Crippen LogP contribution in [0.4, 0.5) is 11.6 Å².